The van der Waals surface area contributed by atoms with E-state index >= 15 is 0 Å². The van der Waals surface area contributed by atoms with Gasteiger partial charge >= 0.3 is 6.18 Å². The molecule has 0 saturated heterocycles. The fraction of sp³-hybridized carbons (Fsp3) is 0.143. The fourth-order valence-corrected chi connectivity index (χ4v) is 2.60. The van der Waals surface area contributed by atoms with Crippen LogP contribution in [0.1, 0.15) is 21.5 Å². The zero-order valence-corrected chi connectivity index (χ0v) is 15.3. The summed E-state index contributed by atoms with van der Waals surface area (Å²) in [6.45, 7) is 0.240. The molecule has 0 fully saturated rings. The number of hydrogen-bond donors (Lipinski definition) is 0. The van der Waals surface area contributed by atoms with Crippen molar-refractivity contribution in [2.24, 2.45) is 0 Å². The highest BCUT2D eigenvalue weighted by atomic mass is 19.4. The van der Waals surface area contributed by atoms with E-state index < -0.39 is 11.7 Å². The minimum Gasteiger partial charge on any atom is -0.439 e. The van der Waals surface area contributed by atoms with Crippen LogP contribution in [0.15, 0.2) is 66.9 Å². The van der Waals surface area contributed by atoms with Gasteiger partial charge in [0, 0.05) is 31.4 Å². The van der Waals surface area contributed by atoms with Crippen LogP contribution in [-0.2, 0) is 12.7 Å². The molecule has 0 aliphatic carbocycles. The first-order valence-electron chi connectivity index (χ1n) is 8.53. The van der Waals surface area contributed by atoms with Gasteiger partial charge in [0.2, 0.25) is 5.88 Å². The molecule has 150 valence electrons. The SMILES string of the molecule is CN(Cc1cccc(F)c1)C(=O)c1ccc(Oc2ccc(C(F)(F)F)cn2)cc1. The lowest BCUT2D eigenvalue weighted by Gasteiger charge is -2.17. The summed E-state index contributed by atoms with van der Waals surface area (Å²) in [5, 5.41) is 0. The number of halogens is 4. The van der Waals surface area contributed by atoms with Gasteiger partial charge in [-0.15, -0.1) is 0 Å². The van der Waals surface area contributed by atoms with Crippen molar-refractivity contribution in [2.75, 3.05) is 7.05 Å². The molecule has 0 N–H and O–H groups in total. The number of hydrogen-bond acceptors (Lipinski definition) is 3. The van der Waals surface area contributed by atoms with Crippen molar-refractivity contribution in [1.29, 1.82) is 0 Å². The largest absolute Gasteiger partial charge is 0.439 e. The Labute approximate surface area is 164 Å². The normalized spacial score (nSPS) is 11.2. The zero-order chi connectivity index (χ0) is 21.0. The summed E-state index contributed by atoms with van der Waals surface area (Å²) in [5.74, 6) is -0.322. The third kappa shape index (κ3) is 5.31. The molecule has 0 bridgehead atoms. The Morgan fingerprint density at radius 3 is 2.38 bits per heavy atom. The highest BCUT2D eigenvalue weighted by molar-refractivity contribution is 5.94. The number of rotatable bonds is 5. The van der Waals surface area contributed by atoms with Crippen LogP contribution in [0.3, 0.4) is 0 Å². The van der Waals surface area contributed by atoms with E-state index in [2.05, 4.69) is 4.98 Å². The van der Waals surface area contributed by atoms with Gasteiger partial charge < -0.3 is 9.64 Å². The summed E-state index contributed by atoms with van der Waals surface area (Å²) in [6, 6.07) is 14.1. The first kappa shape index (κ1) is 20.3. The number of benzene rings is 2. The molecule has 0 atom stereocenters. The summed E-state index contributed by atoms with van der Waals surface area (Å²) in [6.07, 6.45) is -3.78. The van der Waals surface area contributed by atoms with Gasteiger partial charge in [-0.25, -0.2) is 9.37 Å². The van der Waals surface area contributed by atoms with Crippen molar-refractivity contribution < 1.29 is 27.1 Å². The molecule has 4 nitrogen and oxygen atoms in total. The predicted octanol–water partition coefficient (Wildman–Crippen LogP) is 5.30. The number of carbonyl (C=O) groups excluding carboxylic acids is 1. The highest BCUT2D eigenvalue weighted by Gasteiger charge is 2.30. The molecule has 0 radical (unpaired) electrons. The smallest absolute Gasteiger partial charge is 0.417 e. The Bertz CT molecular complexity index is 987. The van der Waals surface area contributed by atoms with E-state index in [0.29, 0.717) is 23.1 Å². The van der Waals surface area contributed by atoms with Crippen molar-refractivity contribution >= 4 is 5.91 Å². The Morgan fingerprint density at radius 2 is 1.79 bits per heavy atom. The fourth-order valence-electron chi connectivity index (χ4n) is 2.60. The van der Waals surface area contributed by atoms with E-state index in [-0.39, 0.29) is 24.1 Å². The van der Waals surface area contributed by atoms with Crippen LogP contribution in [0.2, 0.25) is 0 Å². The number of aromatic nitrogens is 1. The molecule has 3 rings (SSSR count). The van der Waals surface area contributed by atoms with Crippen molar-refractivity contribution in [3.63, 3.8) is 0 Å². The maximum Gasteiger partial charge on any atom is 0.417 e. The van der Waals surface area contributed by atoms with Crippen molar-refractivity contribution in [3.05, 3.63) is 89.4 Å². The minimum atomic E-state index is -4.47. The van der Waals surface area contributed by atoms with E-state index in [4.69, 9.17) is 4.74 Å². The second-order valence-electron chi connectivity index (χ2n) is 6.30. The van der Waals surface area contributed by atoms with Crippen LogP contribution in [-0.4, -0.2) is 22.8 Å². The summed E-state index contributed by atoms with van der Waals surface area (Å²) in [4.78, 5) is 17.6. The molecular weight excluding hydrogens is 388 g/mol. The average Bonchev–Trinajstić information content (AvgIpc) is 2.68. The molecule has 8 heteroatoms. The molecule has 2 aromatic carbocycles. The molecular formula is C21H16F4N2O2. The van der Waals surface area contributed by atoms with Gasteiger partial charge in [0.15, 0.2) is 0 Å². The average molecular weight is 404 g/mol. The molecule has 1 heterocycles. The molecule has 0 saturated carbocycles. The Morgan fingerprint density at radius 1 is 1.07 bits per heavy atom. The number of amides is 1. The molecule has 1 aromatic heterocycles. The van der Waals surface area contributed by atoms with Crippen LogP contribution < -0.4 is 4.74 Å². The summed E-state index contributed by atoms with van der Waals surface area (Å²) < 4.78 is 56.3. The maximum atomic E-state index is 13.3. The lowest BCUT2D eigenvalue weighted by Crippen LogP contribution is -2.26. The summed E-state index contributed by atoms with van der Waals surface area (Å²) >= 11 is 0. The molecule has 3 aromatic rings. The first-order chi connectivity index (χ1) is 13.7. The quantitative estimate of drug-likeness (QED) is 0.542. The number of carbonyl (C=O) groups is 1. The molecule has 1 amide bonds. The Balaban J connectivity index is 1.64. The van der Waals surface area contributed by atoms with Crippen LogP contribution in [0.25, 0.3) is 0 Å². The van der Waals surface area contributed by atoms with Crippen molar-refractivity contribution in [3.8, 4) is 11.6 Å². The third-order valence-corrected chi connectivity index (χ3v) is 4.04. The van der Waals surface area contributed by atoms with Crippen molar-refractivity contribution in [1.82, 2.24) is 9.88 Å². The predicted molar refractivity (Wildman–Crippen MR) is 98.0 cm³/mol. The number of pyridine rings is 1. The van der Waals surface area contributed by atoms with E-state index in [0.717, 1.165) is 12.1 Å². The lowest BCUT2D eigenvalue weighted by molar-refractivity contribution is -0.137. The van der Waals surface area contributed by atoms with Gasteiger partial charge in [0.05, 0.1) is 5.56 Å². The zero-order valence-electron chi connectivity index (χ0n) is 15.3. The van der Waals surface area contributed by atoms with E-state index in [1.54, 1.807) is 19.2 Å². The van der Waals surface area contributed by atoms with Crippen LogP contribution in [0, 0.1) is 5.82 Å². The Hall–Kier alpha value is -3.42. The minimum absolute atomic E-state index is 0.000277. The van der Waals surface area contributed by atoms with Gasteiger partial charge in [-0.3, -0.25) is 4.79 Å². The summed E-state index contributed by atoms with van der Waals surface area (Å²) in [7, 11) is 1.60. The number of ether oxygens (including phenoxy) is 1. The molecule has 0 spiro atoms. The van der Waals surface area contributed by atoms with Crippen LogP contribution in [0.5, 0.6) is 11.6 Å². The van der Waals surface area contributed by atoms with Gasteiger partial charge in [-0.2, -0.15) is 13.2 Å². The van der Waals surface area contributed by atoms with E-state index in [1.165, 1.54) is 41.3 Å². The maximum absolute atomic E-state index is 13.3. The van der Waals surface area contributed by atoms with E-state index in [9.17, 15) is 22.4 Å². The first-order valence-corrected chi connectivity index (χ1v) is 8.53. The second kappa shape index (κ2) is 8.30. The molecule has 0 aliphatic rings. The summed E-state index contributed by atoms with van der Waals surface area (Å²) in [5.41, 5.74) is 0.179. The molecule has 29 heavy (non-hydrogen) atoms. The van der Waals surface area contributed by atoms with Gasteiger partial charge in [0.1, 0.15) is 11.6 Å². The Kier molecular flexibility index (Phi) is 5.81. The van der Waals surface area contributed by atoms with Crippen molar-refractivity contribution in [2.45, 2.75) is 12.7 Å². The lowest BCUT2D eigenvalue weighted by atomic mass is 10.1. The molecule has 0 aliphatic heterocycles. The highest BCUT2D eigenvalue weighted by Crippen LogP contribution is 2.30. The number of alkyl halides is 3. The van der Waals surface area contributed by atoms with Crippen LogP contribution in [0.4, 0.5) is 17.6 Å². The standard InChI is InChI=1S/C21H16F4N2O2/c1-27(13-14-3-2-4-17(22)11-14)20(28)15-5-8-18(9-6-15)29-19-10-7-16(12-26-19)21(23,24)25/h2-12H,13H2,1H3. The van der Waals surface area contributed by atoms with Gasteiger partial charge in [0.25, 0.3) is 5.91 Å². The van der Waals surface area contributed by atoms with Gasteiger partial charge in [-0.05, 0) is 48.0 Å². The monoisotopic (exact) mass is 404 g/mol. The third-order valence-electron chi connectivity index (χ3n) is 4.04. The number of nitrogens with zero attached hydrogens (tertiary/aromatic N) is 2. The topological polar surface area (TPSA) is 42.4 Å². The molecule has 0 unspecified atom stereocenters. The second-order valence-corrected chi connectivity index (χ2v) is 6.30. The van der Waals surface area contributed by atoms with Gasteiger partial charge in [-0.1, -0.05) is 12.1 Å². The van der Waals surface area contributed by atoms with Crippen LogP contribution >= 0.6 is 0 Å². The van der Waals surface area contributed by atoms with E-state index in [1.807, 2.05) is 0 Å².